The van der Waals surface area contributed by atoms with Crippen molar-refractivity contribution in [3.05, 3.63) is 40.1 Å². The zero-order valence-corrected chi connectivity index (χ0v) is 9.71. The van der Waals surface area contributed by atoms with Crippen molar-refractivity contribution in [3.63, 3.8) is 0 Å². The zero-order valence-electron chi connectivity index (χ0n) is 8.12. The van der Waals surface area contributed by atoms with Gasteiger partial charge in [-0.05, 0) is 24.6 Å². The monoisotopic (exact) mass is 264 g/mol. The Bertz CT molecular complexity index is 505. The van der Waals surface area contributed by atoms with E-state index in [2.05, 4.69) is 25.9 Å². The lowest BCUT2D eigenvalue weighted by atomic mass is 10.1. The molecule has 15 heavy (non-hydrogen) atoms. The Kier molecular flexibility index (Phi) is 2.68. The van der Waals surface area contributed by atoms with Gasteiger partial charge in [0.15, 0.2) is 6.29 Å². The summed E-state index contributed by atoms with van der Waals surface area (Å²) in [6.07, 6.45) is 2.28. The number of H-pyrrole nitrogens is 1. The summed E-state index contributed by atoms with van der Waals surface area (Å²) in [5.74, 6) is 0.715. The molecule has 0 aliphatic heterocycles. The Morgan fingerprint density at radius 3 is 2.87 bits per heavy atom. The first-order chi connectivity index (χ1) is 7.20. The molecule has 0 atom stereocenters. The summed E-state index contributed by atoms with van der Waals surface area (Å²) in [6.45, 7) is 2.01. The number of aryl methyl sites for hydroxylation is 1. The van der Waals surface area contributed by atoms with Crippen LogP contribution in [0.15, 0.2) is 28.9 Å². The van der Waals surface area contributed by atoms with Crippen LogP contribution in [0.2, 0.25) is 0 Å². The van der Waals surface area contributed by atoms with E-state index in [1.54, 1.807) is 0 Å². The standard InChI is InChI=1S/C11H9BrN2O/c1-7-4-8(2-3-10(7)12)11-13-5-9(6-15)14-11/h2-6H,1H3,(H,13,14). The van der Waals surface area contributed by atoms with Crippen LogP contribution in [0.1, 0.15) is 16.1 Å². The molecule has 0 radical (unpaired) electrons. The predicted octanol–water partition coefficient (Wildman–Crippen LogP) is 2.96. The molecule has 0 amide bonds. The third kappa shape index (κ3) is 1.99. The summed E-state index contributed by atoms with van der Waals surface area (Å²) < 4.78 is 1.06. The molecule has 3 nitrogen and oxygen atoms in total. The number of hydrogen-bond acceptors (Lipinski definition) is 2. The number of hydrogen-bond donors (Lipinski definition) is 1. The summed E-state index contributed by atoms with van der Waals surface area (Å²) in [7, 11) is 0. The van der Waals surface area contributed by atoms with Crippen LogP contribution in [0.25, 0.3) is 11.4 Å². The molecule has 2 aromatic rings. The molecule has 0 saturated heterocycles. The van der Waals surface area contributed by atoms with E-state index in [4.69, 9.17) is 0 Å². The molecule has 0 fully saturated rings. The molecule has 1 aromatic carbocycles. The largest absolute Gasteiger partial charge is 0.336 e. The van der Waals surface area contributed by atoms with Gasteiger partial charge in [-0.15, -0.1) is 0 Å². The predicted molar refractivity (Wildman–Crippen MR) is 61.8 cm³/mol. The maximum Gasteiger partial charge on any atom is 0.167 e. The van der Waals surface area contributed by atoms with Crippen molar-refractivity contribution in [1.82, 2.24) is 9.97 Å². The highest BCUT2D eigenvalue weighted by atomic mass is 79.9. The molecule has 0 aliphatic carbocycles. The van der Waals surface area contributed by atoms with Crippen LogP contribution in [-0.2, 0) is 0 Å². The molecule has 1 N–H and O–H groups in total. The van der Waals surface area contributed by atoms with Crippen LogP contribution in [0, 0.1) is 6.92 Å². The zero-order chi connectivity index (χ0) is 10.8. The van der Waals surface area contributed by atoms with Crippen LogP contribution in [0.5, 0.6) is 0 Å². The number of nitrogens with zero attached hydrogens (tertiary/aromatic N) is 1. The summed E-state index contributed by atoms with van der Waals surface area (Å²) in [5, 5.41) is 0. The van der Waals surface area contributed by atoms with Crippen LogP contribution < -0.4 is 0 Å². The van der Waals surface area contributed by atoms with E-state index in [0.29, 0.717) is 11.5 Å². The highest BCUT2D eigenvalue weighted by Crippen LogP contribution is 2.22. The van der Waals surface area contributed by atoms with Gasteiger partial charge in [-0.3, -0.25) is 4.79 Å². The van der Waals surface area contributed by atoms with Gasteiger partial charge in [0.2, 0.25) is 0 Å². The second-order valence-corrected chi connectivity index (χ2v) is 4.12. The first kappa shape index (κ1) is 10.1. The molecule has 0 bridgehead atoms. The van der Waals surface area contributed by atoms with Crippen LogP contribution in [0.4, 0.5) is 0 Å². The average molecular weight is 265 g/mol. The van der Waals surface area contributed by atoms with Crippen molar-refractivity contribution in [2.75, 3.05) is 0 Å². The fraction of sp³-hybridized carbons (Fsp3) is 0.0909. The smallest absolute Gasteiger partial charge is 0.167 e. The number of halogens is 1. The quantitative estimate of drug-likeness (QED) is 0.848. The number of aldehydes is 1. The molecule has 1 heterocycles. The van der Waals surface area contributed by atoms with Crippen molar-refractivity contribution in [2.24, 2.45) is 0 Å². The lowest BCUT2D eigenvalue weighted by Crippen LogP contribution is -1.84. The highest BCUT2D eigenvalue weighted by Gasteiger charge is 2.04. The van der Waals surface area contributed by atoms with Crippen LogP contribution in [0.3, 0.4) is 0 Å². The summed E-state index contributed by atoms with van der Waals surface area (Å²) in [5.41, 5.74) is 2.60. The second-order valence-electron chi connectivity index (χ2n) is 3.27. The van der Waals surface area contributed by atoms with Gasteiger partial charge in [-0.1, -0.05) is 22.0 Å². The van der Waals surface area contributed by atoms with Gasteiger partial charge in [0.1, 0.15) is 5.82 Å². The number of benzene rings is 1. The minimum absolute atomic E-state index is 0.491. The molecule has 1 aromatic heterocycles. The maximum absolute atomic E-state index is 10.5. The van der Waals surface area contributed by atoms with Gasteiger partial charge >= 0.3 is 0 Å². The fourth-order valence-electron chi connectivity index (χ4n) is 1.33. The van der Waals surface area contributed by atoms with E-state index in [9.17, 15) is 4.79 Å². The van der Waals surface area contributed by atoms with Gasteiger partial charge < -0.3 is 4.98 Å². The maximum atomic E-state index is 10.5. The fourth-order valence-corrected chi connectivity index (χ4v) is 1.58. The molecular formula is C11H9BrN2O. The number of aromatic nitrogens is 2. The molecule has 0 spiro atoms. The van der Waals surface area contributed by atoms with Gasteiger partial charge in [0, 0.05) is 10.0 Å². The van der Waals surface area contributed by atoms with Crippen molar-refractivity contribution in [2.45, 2.75) is 6.92 Å². The Morgan fingerprint density at radius 1 is 1.47 bits per heavy atom. The third-order valence-corrected chi connectivity index (χ3v) is 3.04. The number of carbonyl (C=O) groups excluding carboxylic acids is 1. The van der Waals surface area contributed by atoms with E-state index in [-0.39, 0.29) is 0 Å². The molecule has 4 heteroatoms. The Labute approximate surface area is 95.7 Å². The van der Waals surface area contributed by atoms with Gasteiger partial charge in [-0.25, -0.2) is 4.98 Å². The van der Waals surface area contributed by atoms with Crippen molar-refractivity contribution < 1.29 is 4.79 Å². The molecule has 76 valence electrons. The molecule has 0 saturated carbocycles. The van der Waals surface area contributed by atoms with E-state index < -0.39 is 0 Å². The molecule has 0 aliphatic rings. The highest BCUT2D eigenvalue weighted by molar-refractivity contribution is 9.10. The first-order valence-electron chi connectivity index (χ1n) is 4.47. The summed E-state index contributed by atoms with van der Waals surface area (Å²) in [6, 6.07) is 5.93. The Balaban J connectivity index is 2.44. The van der Waals surface area contributed by atoms with E-state index >= 15 is 0 Å². The van der Waals surface area contributed by atoms with Crippen molar-refractivity contribution in [3.8, 4) is 11.4 Å². The number of nitrogens with one attached hydrogen (secondary N) is 1. The lowest BCUT2D eigenvalue weighted by molar-refractivity contribution is 0.111. The van der Waals surface area contributed by atoms with Gasteiger partial charge in [-0.2, -0.15) is 0 Å². The normalized spacial score (nSPS) is 10.3. The Morgan fingerprint density at radius 2 is 2.27 bits per heavy atom. The SMILES string of the molecule is Cc1cc(-c2ncc(C=O)[nH]2)ccc1Br. The third-order valence-electron chi connectivity index (χ3n) is 2.15. The topological polar surface area (TPSA) is 45.8 Å². The van der Waals surface area contributed by atoms with Crippen molar-refractivity contribution >= 4 is 22.2 Å². The number of carbonyl (C=O) groups is 1. The lowest BCUT2D eigenvalue weighted by Gasteiger charge is -2.00. The minimum atomic E-state index is 0.491. The summed E-state index contributed by atoms with van der Waals surface area (Å²) >= 11 is 3.43. The van der Waals surface area contributed by atoms with E-state index in [0.717, 1.165) is 21.9 Å². The van der Waals surface area contributed by atoms with Crippen LogP contribution >= 0.6 is 15.9 Å². The number of aromatic amines is 1. The summed E-state index contributed by atoms with van der Waals surface area (Å²) in [4.78, 5) is 17.6. The van der Waals surface area contributed by atoms with Crippen molar-refractivity contribution in [1.29, 1.82) is 0 Å². The first-order valence-corrected chi connectivity index (χ1v) is 5.26. The van der Waals surface area contributed by atoms with E-state index in [1.807, 2.05) is 25.1 Å². The molecule has 0 unspecified atom stereocenters. The van der Waals surface area contributed by atoms with Gasteiger partial charge in [0.25, 0.3) is 0 Å². The average Bonchev–Trinajstić information content (AvgIpc) is 2.70. The van der Waals surface area contributed by atoms with Crippen LogP contribution in [-0.4, -0.2) is 16.3 Å². The Hall–Kier alpha value is -1.42. The minimum Gasteiger partial charge on any atom is -0.336 e. The second kappa shape index (κ2) is 3.98. The number of imidazole rings is 1. The van der Waals surface area contributed by atoms with Gasteiger partial charge in [0.05, 0.1) is 11.9 Å². The molecule has 2 rings (SSSR count). The number of rotatable bonds is 2. The molecular weight excluding hydrogens is 256 g/mol. The van der Waals surface area contributed by atoms with E-state index in [1.165, 1.54) is 6.20 Å².